The molecule has 0 bridgehead atoms. The minimum absolute atomic E-state index is 0.00110. The van der Waals surface area contributed by atoms with Gasteiger partial charge in [0.15, 0.2) is 5.75 Å². The second-order valence-corrected chi connectivity index (χ2v) is 5.90. The molecule has 0 aliphatic heterocycles. The lowest BCUT2D eigenvalue weighted by molar-refractivity contribution is -0.385. The van der Waals surface area contributed by atoms with Crippen LogP contribution in [0.25, 0.3) is 0 Å². The number of nitro benzene ring substituents is 1. The highest BCUT2D eigenvalue weighted by Crippen LogP contribution is 2.29. The fraction of sp³-hybridized carbons (Fsp3) is 0.500. The summed E-state index contributed by atoms with van der Waals surface area (Å²) in [5, 5.41) is 20.7. The highest BCUT2D eigenvalue weighted by Gasteiger charge is 2.32. The van der Waals surface area contributed by atoms with Gasteiger partial charge >= 0.3 is 11.7 Å². The van der Waals surface area contributed by atoms with Crippen molar-refractivity contribution in [1.82, 2.24) is 4.90 Å². The molecule has 1 aromatic rings. The van der Waals surface area contributed by atoms with Gasteiger partial charge in [-0.1, -0.05) is 0 Å². The maximum absolute atomic E-state index is 12.8. The van der Waals surface area contributed by atoms with Gasteiger partial charge in [0.1, 0.15) is 0 Å². The topological polar surface area (TPSA) is 119 Å². The lowest BCUT2D eigenvalue weighted by Crippen LogP contribution is -2.51. The van der Waals surface area contributed by atoms with Crippen LogP contribution in [-0.4, -0.2) is 59.7 Å². The number of methoxy groups -OCH3 is 2. The zero-order chi connectivity index (χ0) is 19.2. The molecule has 0 fully saturated rings. The predicted molar refractivity (Wildman–Crippen MR) is 88.5 cm³/mol. The number of hydrogen-bond acceptors (Lipinski definition) is 7. The first-order chi connectivity index (χ1) is 11.7. The number of aliphatic hydroxyl groups excluding tert-OH is 1. The summed E-state index contributed by atoms with van der Waals surface area (Å²) in [7, 11) is 2.53. The first kappa shape index (κ1) is 20.4. The second kappa shape index (κ2) is 8.43. The summed E-state index contributed by atoms with van der Waals surface area (Å²) < 4.78 is 9.48. The van der Waals surface area contributed by atoms with Gasteiger partial charge in [0.2, 0.25) is 0 Å². The lowest BCUT2D eigenvalue weighted by atomic mass is 10.0. The Hall–Kier alpha value is -2.68. The Morgan fingerprint density at radius 2 is 1.96 bits per heavy atom. The standard InChI is InChI=1S/C16H22N2O7/c1-16(2,10-19)17(8-7-14(20)25-4)15(21)11-5-6-13(24-3)12(9-11)18(22)23/h5-6,9,19H,7-8,10H2,1-4H3. The van der Waals surface area contributed by atoms with Gasteiger partial charge in [0.05, 0.1) is 37.7 Å². The molecule has 0 unspecified atom stereocenters. The minimum atomic E-state index is -0.972. The Kier molecular flexibility index (Phi) is 6.86. The molecule has 0 radical (unpaired) electrons. The van der Waals surface area contributed by atoms with Crippen molar-refractivity contribution in [3.63, 3.8) is 0 Å². The number of nitro groups is 1. The summed E-state index contributed by atoms with van der Waals surface area (Å²) in [4.78, 5) is 36.0. The molecule has 0 aliphatic rings. The number of hydrogen-bond donors (Lipinski definition) is 1. The normalized spacial score (nSPS) is 10.9. The Bertz CT molecular complexity index is 658. The van der Waals surface area contributed by atoms with Crippen molar-refractivity contribution in [3.05, 3.63) is 33.9 Å². The van der Waals surface area contributed by atoms with E-state index in [4.69, 9.17) is 4.74 Å². The number of nitrogens with zero attached hydrogens (tertiary/aromatic N) is 2. The maximum atomic E-state index is 12.8. The molecule has 138 valence electrons. The van der Waals surface area contributed by atoms with Crippen LogP contribution in [0.1, 0.15) is 30.6 Å². The first-order valence-corrected chi connectivity index (χ1v) is 7.50. The van der Waals surface area contributed by atoms with Crippen molar-refractivity contribution >= 4 is 17.6 Å². The highest BCUT2D eigenvalue weighted by atomic mass is 16.6. The first-order valence-electron chi connectivity index (χ1n) is 7.50. The number of amides is 1. The Morgan fingerprint density at radius 3 is 2.44 bits per heavy atom. The van der Waals surface area contributed by atoms with Crippen molar-refractivity contribution in [2.24, 2.45) is 0 Å². The van der Waals surface area contributed by atoms with E-state index in [9.17, 15) is 24.8 Å². The van der Waals surface area contributed by atoms with E-state index >= 15 is 0 Å². The van der Waals surface area contributed by atoms with Gasteiger partial charge in [0.25, 0.3) is 5.91 Å². The third kappa shape index (κ3) is 4.90. The van der Waals surface area contributed by atoms with Gasteiger partial charge in [-0.25, -0.2) is 0 Å². The van der Waals surface area contributed by atoms with Crippen LogP contribution >= 0.6 is 0 Å². The summed E-state index contributed by atoms with van der Waals surface area (Å²) in [5.41, 5.74) is -1.26. The Morgan fingerprint density at radius 1 is 1.32 bits per heavy atom. The maximum Gasteiger partial charge on any atom is 0.311 e. The van der Waals surface area contributed by atoms with Crippen LogP contribution in [0.15, 0.2) is 18.2 Å². The molecule has 9 heteroatoms. The van der Waals surface area contributed by atoms with E-state index in [0.717, 1.165) is 6.07 Å². The largest absolute Gasteiger partial charge is 0.490 e. The van der Waals surface area contributed by atoms with Gasteiger partial charge in [-0.3, -0.25) is 19.7 Å². The molecule has 1 aromatic carbocycles. The van der Waals surface area contributed by atoms with E-state index in [1.54, 1.807) is 13.8 Å². The van der Waals surface area contributed by atoms with Crippen LogP contribution in [0, 0.1) is 10.1 Å². The molecule has 0 heterocycles. The lowest BCUT2D eigenvalue weighted by Gasteiger charge is -2.37. The van der Waals surface area contributed by atoms with Crippen molar-refractivity contribution in [2.75, 3.05) is 27.4 Å². The number of aliphatic hydroxyl groups is 1. The molecule has 0 aliphatic carbocycles. The van der Waals surface area contributed by atoms with Crippen molar-refractivity contribution < 1.29 is 29.1 Å². The Labute approximate surface area is 145 Å². The zero-order valence-electron chi connectivity index (χ0n) is 14.6. The van der Waals surface area contributed by atoms with Crippen LogP contribution in [0.3, 0.4) is 0 Å². The molecule has 25 heavy (non-hydrogen) atoms. The molecule has 0 saturated carbocycles. The monoisotopic (exact) mass is 354 g/mol. The van der Waals surface area contributed by atoms with Crippen molar-refractivity contribution in [1.29, 1.82) is 0 Å². The summed E-state index contributed by atoms with van der Waals surface area (Å²) in [6, 6.07) is 3.84. The summed E-state index contributed by atoms with van der Waals surface area (Å²) in [6.07, 6.45) is -0.0656. The van der Waals surface area contributed by atoms with Crippen LogP contribution in [0.2, 0.25) is 0 Å². The van der Waals surface area contributed by atoms with E-state index in [-0.39, 0.29) is 36.6 Å². The third-order valence-corrected chi connectivity index (χ3v) is 3.75. The second-order valence-electron chi connectivity index (χ2n) is 5.90. The van der Waals surface area contributed by atoms with Crippen LogP contribution < -0.4 is 4.74 Å². The smallest absolute Gasteiger partial charge is 0.311 e. The number of ether oxygens (including phenoxy) is 2. The SMILES string of the molecule is COC(=O)CCN(C(=O)c1ccc(OC)c([N+](=O)[O-])c1)C(C)(C)CO. The summed E-state index contributed by atoms with van der Waals surface area (Å²) in [6.45, 7) is 2.90. The third-order valence-electron chi connectivity index (χ3n) is 3.75. The van der Waals surface area contributed by atoms with Gasteiger partial charge in [0, 0.05) is 18.2 Å². The van der Waals surface area contributed by atoms with Gasteiger partial charge in [-0.2, -0.15) is 0 Å². The predicted octanol–water partition coefficient (Wildman–Crippen LogP) is 1.38. The number of benzene rings is 1. The minimum Gasteiger partial charge on any atom is -0.490 e. The molecule has 0 saturated heterocycles. The van der Waals surface area contributed by atoms with E-state index in [1.165, 1.54) is 31.3 Å². The van der Waals surface area contributed by atoms with Gasteiger partial charge < -0.3 is 19.5 Å². The number of esters is 1. The van der Waals surface area contributed by atoms with E-state index in [0.29, 0.717) is 0 Å². The summed E-state index contributed by atoms with van der Waals surface area (Å²) >= 11 is 0. The van der Waals surface area contributed by atoms with E-state index in [2.05, 4.69) is 4.74 Å². The molecule has 9 nitrogen and oxygen atoms in total. The van der Waals surface area contributed by atoms with Crippen LogP contribution in [0.5, 0.6) is 5.75 Å². The average Bonchev–Trinajstić information content (AvgIpc) is 2.60. The van der Waals surface area contributed by atoms with Gasteiger partial charge in [-0.15, -0.1) is 0 Å². The van der Waals surface area contributed by atoms with Crippen LogP contribution in [0.4, 0.5) is 5.69 Å². The fourth-order valence-electron chi connectivity index (χ4n) is 2.19. The molecular weight excluding hydrogens is 332 g/mol. The van der Waals surface area contributed by atoms with Gasteiger partial charge in [-0.05, 0) is 26.0 Å². The number of rotatable bonds is 8. The van der Waals surface area contributed by atoms with E-state index < -0.39 is 22.3 Å². The van der Waals surface area contributed by atoms with E-state index in [1.807, 2.05) is 0 Å². The zero-order valence-corrected chi connectivity index (χ0v) is 14.6. The quantitative estimate of drug-likeness (QED) is 0.425. The van der Waals surface area contributed by atoms with Crippen molar-refractivity contribution in [2.45, 2.75) is 25.8 Å². The molecular formula is C16H22N2O7. The molecule has 0 atom stereocenters. The number of carbonyl (C=O) groups is 2. The highest BCUT2D eigenvalue weighted by molar-refractivity contribution is 5.96. The number of carbonyl (C=O) groups excluding carboxylic acids is 2. The summed E-state index contributed by atoms with van der Waals surface area (Å²) in [5.74, 6) is -1.02. The molecule has 1 amide bonds. The average molecular weight is 354 g/mol. The van der Waals surface area contributed by atoms with Crippen molar-refractivity contribution in [3.8, 4) is 5.75 Å². The molecule has 1 N–H and O–H groups in total. The van der Waals surface area contributed by atoms with Crippen LogP contribution in [-0.2, 0) is 9.53 Å². The molecule has 0 aromatic heterocycles. The fourth-order valence-corrected chi connectivity index (χ4v) is 2.19. The molecule has 1 rings (SSSR count). The Balaban J connectivity index is 3.22. The molecule has 0 spiro atoms.